The number of fused-ring (bicyclic) bond motifs is 2. The fraction of sp³-hybridized carbons (Fsp3) is 0.375. The van der Waals surface area contributed by atoms with Crippen molar-refractivity contribution in [1.29, 1.82) is 5.26 Å². The van der Waals surface area contributed by atoms with E-state index >= 15 is 0 Å². The van der Waals surface area contributed by atoms with Gasteiger partial charge in [0.05, 0.1) is 48.0 Å². The van der Waals surface area contributed by atoms with Crippen molar-refractivity contribution in [2.45, 2.75) is 45.2 Å². The van der Waals surface area contributed by atoms with E-state index in [0.29, 0.717) is 68.4 Å². The van der Waals surface area contributed by atoms with Crippen molar-refractivity contribution in [3.63, 3.8) is 0 Å². The summed E-state index contributed by atoms with van der Waals surface area (Å²) in [6, 6.07) is 16.4. The summed E-state index contributed by atoms with van der Waals surface area (Å²) in [5.74, 6) is -1.88. The molecule has 2 atom stereocenters. The van der Waals surface area contributed by atoms with Gasteiger partial charge in [-0.1, -0.05) is 49.4 Å². The SMILES string of the molecule is C=C(F)C(=O)N1CCN(c2nc(OC[C@@H]3CCN(C(=O)c4cc(CC)c(O)cc4O)C3)nc3c2CCN(c2cccc4cccc(Cl)c24)C3)C[C@@H]1CC#N. The molecule has 3 aliphatic heterocycles. The number of hydrogen-bond donors (Lipinski definition) is 2. The quantitative estimate of drug-likeness (QED) is 0.202. The smallest absolute Gasteiger partial charge is 0.318 e. The number of aromatic nitrogens is 2. The highest BCUT2D eigenvalue weighted by Gasteiger charge is 2.35. The van der Waals surface area contributed by atoms with Crippen LogP contribution in [0.15, 0.2) is 60.9 Å². The number of carbonyl (C=O) groups is 2. The number of likely N-dealkylation sites (tertiary alicyclic amines) is 1. The molecule has 0 bridgehead atoms. The number of benzene rings is 3. The number of phenolic OH excluding ortho intramolecular Hbond substituents is 2. The summed E-state index contributed by atoms with van der Waals surface area (Å²) in [6.07, 6.45) is 1.81. The Labute approximate surface area is 317 Å². The number of rotatable bonds is 9. The molecular formula is C40H41ClFN7O5. The summed E-state index contributed by atoms with van der Waals surface area (Å²) in [7, 11) is 0. The van der Waals surface area contributed by atoms with E-state index in [1.54, 1.807) is 11.0 Å². The second-order valence-electron chi connectivity index (χ2n) is 14.0. The molecule has 3 aromatic carbocycles. The van der Waals surface area contributed by atoms with Crippen LogP contribution in [0.2, 0.25) is 5.02 Å². The standard InChI is InChI=1S/C40H41ClFN7O5/c1-3-26-18-30(35(51)19-34(26)50)39(53)48-14-11-25(20-48)23-54-40-44-32-22-46(33-9-5-7-27-6-4-8-31(41)36(27)33)15-12-29(32)37(45-40)47-16-17-49(38(52)24(2)42)28(21-47)10-13-43/h4-9,18-19,25,28,50-51H,2-3,10-12,14-17,20-23H2,1H3/t25-,28+/m1/s1. The van der Waals surface area contributed by atoms with Gasteiger partial charge in [-0.2, -0.15) is 15.2 Å². The third kappa shape index (κ3) is 7.18. The van der Waals surface area contributed by atoms with Gasteiger partial charge in [-0.15, -0.1) is 0 Å². The normalized spacial score (nSPS) is 18.4. The van der Waals surface area contributed by atoms with Gasteiger partial charge >= 0.3 is 6.01 Å². The van der Waals surface area contributed by atoms with E-state index in [1.807, 2.05) is 48.2 Å². The maximum atomic E-state index is 13.9. The van der Waals surface area contributed by atoms with Crippen molar-refractivity contribution >= 4 is 45.7 Å². The van der Waals surface area contributed by atoms with Crippen LogP contribution in [0.3, 0.4) is 0 Å². The monoisotopic (exact) mass is 753 g/mol. The first-order valence-electron chi connectivity index (χ1n) is 18.1. The zero-order chi connectivity index (χ0) is 38.1. The Morgan fingerprint density at radius 1 is 1.06 bits per heavy atom. The number of ether oxygens (including phenoxy) is 1. The van der Waals surface area contributed by atoms with Gasteiger partial charge < -0.3 is 34.5 Å². The van der Waals surface area contributed by atoms with Gasteiger partial charge in [0, 0.05) is 67.9 Å². The summed E-state index contributed by atoms with van der Waals surface area (Å²) >= 11 is 6.72. The largest absolute Gasteiger partial charge is 0.508 e. The molecule has 280 valence electrons. The summed E-state index contributed by atoms with van der Waals surface area (Å²) in [6.45, 7) is 8.09. The number of amides is 2. The van der Waals surface area contributed by atoms with Gasteiger partial charge in [0.2, 0.25) is 0 Å². The van der Waals surface area contributed by atoms with Crippen LogP contribution in [0.5, 0.6) is 17.5 Å². The third-order valence-corrected chi connectivity index (χ3v) is 10.9. The molecule has 2 amide bonds. The molecule has 0 aliphatic carbocycles. The Bertz CT molecular complexity index is 2170. The number of halogens is 2. The lowest BCUT2D eigenvalue weighted by molar-refractivity contribution is -0.131. The molecular weight excluding hydrogens is 713 g/mol. The lowest BCUT2D eigenvalue weighted by Crippen LogP contribution is -2.55. The molecule has 0 unspecified atom stereocenters. The van der Waals surface area contributed by atoms with E-state index in [0.717, 1.165) is 27.7 Å². The predicted molar refractivity (Wildman–Crippen MR) is 203 cm³/mol. The average Bonchev–Trinajstić information content (AvgIpc) is 3.65. The number of anilines is 2. The van der Waals surface area contributed by atoms with Crippen LogP contribution < -0.4 is 14.5 Å². The van der Waals surface area contributed by atoms with Crippen LogP contribution in [0.25, 0.3) is 10.8 Å². The first-order valence-corrected chi connectivity index (χ1v) is 18.5. The molecule has 2 N–H and O–H groups in total. The second kappa shape index (κ2) is 15.4. The first-order chi connectivity index (χ1) is 26.1. The minimum absolute atomic E-state index is 0.0142. The molecule has 54 heavy (non-hydrogen) atoms. The van der Waals surface area contributed by atoms with E-state index in [1.165, 1.54) is 11.0 Å². The molecule has 4 heterocycles. The van der Waals surface area contributed by atoms with Crippen LogP contribution in [-0.2, 0) is 24.2 Å². The zero-order valence-corrected chi connectivity index (χ0v) is 30.7. The van der Waals surface area contributed by atoms with Crippen molar-refractivity contribution in [3.8, 4) is 23.6 Å². The number of nitrogens with zero attached hydrogens (tertiary/aromatic N) is 7. The van der Waals surface area contributed by atoms with E-state index in [9.17, 15) is 29.5 Å². The minimum atomic E-state index is -1.06. The molecule has 3 aliphatic rings. The van der Waals surface area contributed by atoms with Crippen LogP contribution in [0.4, 0.5) is 15.9 Å². The summed E-state index contributed by atoms with van der Waals surface area (Å²) < 4.78 is 20.3. The molecule has 0 saturated carbocycles. The Kier molecular flexibility index (Phi) is 10.5. The van der Waals surface area contributed by atoms with Gasteiger partial charge in [0.15, 0.2) is 5.83 Å². The van der Waals surface area contributed by atoms with E-state index in [-0.39, 0.29) is 61.0 Å². The van der Waals surface area contributed by atoms with Crippen molar-refractivity contribution in [1.82, 2.24) is 19.8 Å². The molecule has 1 aromatic heterocycles. The fourth-order valence-electron chi connectivity index (χ4n) is 7.80. The predicted octanol–water partition coefficient (Wildman–Crippen LogP) is 5.77. The van der Waals surface area contributed by atoms with Crippen molar-refractivity contribution in [2.24, 2.45) is 5.92 Å². The van der Waals surface area contributed by atoms with Crippen LogP contribution in [0.1, 0.15) is 46.9 Å². The fourth-order valence-corrected chi connectivity index (χ4v) is 8.08. The number of nitriles is 1. The summed E-state index contributed by atoms with van der Waals surface area (Å²) in [5, 5.41) is 32.8. The molecule has 7 rings (SSSR count). The molecule has 0 radical (unpaired) electrons. The Balaban J connectivity index is 1.15. The van der Waals surface area contributed by atoms with E-state index in [2.05, 4.69) is 17.5 Å². The van der Waals surface area contributed by atoms with Gasteiger partial charge in [0.1, 0.15) is 17.3 Å². The lowest BCUT2D eigenvalue weighted by Gasteiger charge is -2.42. The molecule has 12 nitrogen and oxygen atoms in total. The number of aromatic hydroxyl groups is 2. The maximum absolute atomic E-state index is 13.9. The van der Waals surface area contributed by atoms with Crippen molar-refractivity contribution < 1.29 is 28.9 Å². The van der Waals surface area contributed by atoms with Gasteiger partial charge in [-0.25, -0.2) is 4.39 Å². The Morgan fingerprint density at radius 2 is 1.85 bits per heavy atom. The van der Waals surface area contributed by atoms with Crippen LogP contribution >= 0.6 is 11.6 Å². The maximum Gasteiger partial charge on any atom is 0.318 e. The first kappa shape index (κ1) is 36.7. The van der Waals surface area contributed by atoms with E-state index < -0.39 is 17.8 Å². The highest BCUT2D eigenvalue weighted by atomic mass is 35.5. The average molecular weight is 754 g/mol. The number of piperazine rings is 1. The van der Waals surface area contributed by atoms with Crippen LogP contribution in [-0.4, -0.2) is 93.7 Å². The van der Waals surface area contributed by atoms with Crippen molar-refractivity contribution in [2.75, 3.05) is 55.7 Å². The third-order valence-electron chi connectivity index (χ3n) is 10.6. The molecule has 4 aromatic rings. The van der Waals surface area contributed by atoms with Crippen molar-refractivity contribution in [3.05, 3.63) is 88.3 Å². The highest BCUT2D eigenvalue weighted by Crippen LogP contribution is 2.38. The summed E-state index contributed by atoms with van der Waals surface area (Å²) in [4.78, 5) is 43.2. The number of hydrogen-bond acceptors (Lipinski definition) is 10. The summed E-state index contributed by atoms with van der Waals surface area (Å²) in [5.41, 5.74) is 3.43. The topological polar surface area (TPSA) is 146 Å². The lowest BCUT2D eigenvalue weighted by atomic mass is 10.0. The zero-order valence-electron chi connectivity index (χ0n) is 30.0. The molecule has 0 spiro atoms. The molecule has 14 heteroatoms. The Hall–Kier alpha value is -5.61. The van der Waals surface area contributed by atoms with E-state index in [4.69, 9.17) is 26.3 Å². The highest BCUT2D eigenvalue weighted by molar-refractivity contribution is 6.36. The second-order valence-corrected chi connectivity index (χ2v) is 14.4. The molecule has 2 fully saturated rings. The van der Waals surface area contributed by atoms with Gasteiger partial charge in [0.25, 0.3) is 11.8 Å². The minimum Gasteiger partial charge on any atom is -0.508 e. The van der Waals surface area contributed by atoms with Gasteiger partial charge in [-0.05, 0) is 48.4 Å². The van der Waals surface area contributed by atoms with Crippen LogP contribution in [0, 0.1) is 17.2 Å². The Morgan fingerprint density at radius 3 is 2.61 bits per heavy atom. The molecule has 2 saturated heterocycles. The number of phenols is 2. The number of carbonyl (C=O) groups excluding carboxylic acids is 2. The number of aryl methyl sites for hydroxylation is 1. The van der Waals surface area contributed by atoms with Gasteiger partial charge in [-0.3, -0.25) is 9.59 Å².